The van der Waals surface area contributed by atoms with Crippen molar-refractivity contribution in [2.45, 2.75) is 225 Å². The van der Waals surface area contributed by atoms with Crippen LogP contribution in [-0.4, -0.2) is 34.2 Å². The first-order valence-corrected chi connectivity index (χ1v) is 34.0. The molecule has 2 spiro atoms. The van der Waals surface area contributed by atoms with Crippen LogP contribution in [0.5, 0.6) is 0 Å². The lowest BCUT2D eigenvalue weighted by Gasteiger charge is -2.48. The second-order valence-electron chi connectivity index (χ2n) is 26.1. The molecular weight excluding hydrogens is 873 g/mol. The molecule has 3 aliphatic heterocycles. The van der Waals surface area contributed by atoms with Crippen molar-refractivity contribution in [1.82, 2.24) is 0 Å². The van der Waals surface area contributed by atoms with Crippen LogP contribution < -0.4 is 9.80 Å². The van der Waals surface area contributed by atoms with Crippen LogP contribution in [0.1, 0.15) is 236 Å². The number of rotatable bonds is 10. The van der Waals surface area contributed by atoms with E-state index in [0.29, 0.717) is 35.5 Å². The van der Waals surface area contributed by atoms with Crippen molar-refractivity contribution in [3.8, 4) is 0 Å². The SMILES string of the molecule is CC1=C(C)CP(P=C2N(c3c(C(C)C)cccc3C(C)C)C(C)(C)C[C@@]23C[C@H](C)CCC3C(C)C)P(P=C2N(c3c(C(C)C)cccc3C(C)C)C(C)(C)C[C@@]23C[C@H](C)CCC3C(C)C)C1. The molecule has 8 atom stereocenters. The van der Waals surface area contributed by atoms with Crippen molar-refractivity contribution in [3.05, 3.63) is 69.8 Å². The Labute approximate surface area is 413 Å². The Bertz CT molecular complexity index is 1970. The highest BCUT2D eigenvalue weighted by atomic mass is 32.6. The van der Waals surface area contributed by atoms with Crippen molar-refractivity contribution in [1.29, 1.82) is 0 Å². The summed E-state index contributed by atoms with van der Waals surface area (Å²) in [6.07, 6.45) is 13.4. The molecule has 2 nitrogen and oxygen atoms in total. The van der Waals surface area contributed by atoms with Crippen molar-refractivity contribution in [2.24, 2.45) is 46.3 Å². The second kappa shape index (κ2) is 19.9. The Morgan fingerprint density at radius 1 is 0.500 bits per heavy atom. The van der Waals surface area contributed by atoms with E-state index in [4.69, 9.17) is 0 Å². The van der Waals surface area contributed by atoms with E-state index in [0.717, 1.165) is 23.7 Å². The van der Waals surface area contributed by atoms with E-state index in [9.17, 15) is 0 Å². The van der Waals surface area contributed by atoms with Gasteiger partial charge in [0, 0.05) is 45.6 Å². The van der Waals surface area contributed by atoms with Gasteiger partial charge in [-0.2, -0.15) is 0 Å². The molecule has 0 N–H and O–H groups in total. The fourth-order valence-corrected chi connectivity index (χ4v) is 33.7. The average molecular weight is 969 g/mol. The summed E-state index contributed by atoms with van der Waals surface area (Å²) in [6.45, 7) is 51.0. The van der Waals surface area contributed by atoms with E-state index in [2.05, 4.69) is 185 Å². The Balaban J connectivity index is 1.56. The molecule has 2 aromatic rings. The highest BCUT2D eigenvalue weighted by molar-refractivity contribution is 8.71. The molecule has 7 rings (SSSR count). The van der Waals surface area contributed by atoms with Gasteiger partial charge in [-0.05, 0) is 192 Å². The molecule has 0 amide bonds. The molecule has 0 bridgehead atoms. The minimum Gasteiger partial charge on any atom is -0.334 e. The smallest absolute Gasteiger partial charge is 0.0531 e. The lowest BCUT2D eigenvalue weighted by molar-refractivity contribution is 0.0863. The van der Waals surface area contributed by atoms with Crippen LogP contribution in [-0.2, 0) is 0 Å². The second-order valence-corrected chi connectivity index (χ2v) is 38.3. The van der Waals surface area contributed by atoms with E-state index in [1.165, 1.54) is 63.7 Å². The van der Waals surface area contributed by atoms with Crippen LogP contribution >= 0.6 is 30.4 Å². The predicted octanol–water partition coefficient (Wildman–Crippen LogP) is 20.2. The monoisotopic (exact) mass is 969 g/mol. The fraction of sp³-hybridized carbons (Fsp3) is 0.733. The van der Waals surface area contributed by atoms with Gasteiger partial charge in [0.2, 0.25) is 0 Å². The zero-order valence-corrected chi connectivity index (χ0v) is 49.6. The maximum atomic E-state index is 3.10. The van der Waals surface area contributed by atoms with Gasteiger partial charge in [0.05, 0.1) is 10.8 Å². The molecule has 0 radical (unpaired) electrons. The zero-order chi connectivity index (χ0) is 48.6. The molecule has 2 saturated carbocycles. The number of allylic oxidation sites excluding steroid dienone is 2. The molecule has 0 aromatic heterocycles. The Kier molecular flexibility index (Phi) is 15.9. The standard InChI is InChI=1S/C60H96N2P4/c1-37(2)47-23-21-24-48(38(3)4)53(47)61-55(59(35-57(61,17)18)31-43(13)27-29-51(59)41(9)10)63-65-33-45(15)46(16)34-66(65)64-56-60(32-44(14)28-30-52(60)42(11)12)36-58(19,20)62(56)54-49(39(5)6)25-22-26-50(54)40(7)8/h21-26,37-44,51-52H,27-36H2,1-20H3/t43-,44-,51?,52?,59-,60-,65?,66?/m1/s1. The number of para-hydroxylation sites is 2. The average Bonchev–Trinajstić information content (AvgIpc) is 3.55. The third-order valence-electron chi connectivity index (χ3n) is 17.7. The van der Waals surface area contributed by atoms with Crippen molar-refractivity contribution < 1.29 is 0 Å². The van der Waals surface area contributed by atoms with Gasteiger partial charge >= 0.3 is 0 Å². The zero-order valence-electron chi connectivity index (χ0n) is 46.0. The fourth-order valence-electron chi connectivity index (χ4n) is 14.9. The number of anilines is 2. The molecule has 4 fully saturated rings. The molecule has 2 saturated heterocycles. The summed E-state index contributed by atoms with van der Waals surface area (Å²) in [5.41, 5.74) is 17.1. The maximum Gasteiger partial charge on any atom is 0.0531 e. The molecule has 3 heterocycles. The summed E-state index contributed by atoms with van der Waals surface area (Å²) in [7, 11) is 2.76. The predicted molar refractivity (Wildman–Crippen MR) is 305 cm³/mol. The summed E-state index contributed by atoms with van der Waals surface area (Å²) in [5, 5.41) is 0. The Morgan fingerprint density at radius 2 is 0.803 bits per heavy atom. The summed E-state index contributed by atoms with van der Waals surface area (Å²) in [4.78, 5) is 6.20. The van der Waals surface area contributed by atoms with Gasteiger partial charge in [0.15, 0.2) is 0 Å². The van der Waals surface area contributed by atoms with E-state index in [1.54, 1.807) is 60.6 Å². The third-order valence-corrected chi connectivity index (χ3v) is 34.5. The van der Waals surface area contributed by atoms with Gasteiger partial charge < -0.3 is 9.80 Å². The quantitative estimate of drug-likeness (QED) is 0.173. The molecule has 2 aliphatic carbocycles. The number of hydrogen-bond acceptors (Lipinski definition) is 0. The van der Waals surface area contributed by atoms with Gasteiger partial charge in [-0.15, -0.1) is 0 Å². The van der Waals surface area contributed by atoms with Crippen LogP contribution in [0.15, 0.2) is 47.5 Å². The molecule has 5 aliphatic rings. The van der Waals surface area contributed by atoms with Gasteiger partial charge in [-0.1, -0.05) is 157 Å². The molecule has 2 aromatic carbocycles. The summed E-state index contributed by atoms with van der Waals surface area (Å²) in [5.74, 6) is 6.19. The Hall–Kier alpha value is -1.02. The highest BCUT2D eigenvalue weighted by Gasteiger charge is 2.61. The van der Waals surface area contributed by atoms with Crippen LogP contribution in [0.3, 0.4) is 0 Å². The van der Waals surface area contributed by atoms with E-state index >= 15 is 0 Å². The number of benzene rings is 2. The lowest BCUT2D eigenvalue weighted by atomic mass is 9.58. The van der Waals surface area contributed by atoms with Crippen molar-refractivity contribution >= 4 is 52.6 Å². The first-order chi connectivity index (χ1) is 30.8. The van der Waals surface area contributed by atoms with E-state index < -0.39 is 0 Å². The maximum absolute atomic E-state index is 3.10. The molecular formula is C60H96N2P4. The summed E-state index contributed by atoms with van der Waals surface area (Å²) in [6, 6.07) is 14.8. The topological polar surface area (TPSA) is 6.48 Å². The number of hydrogen-bond donors (Lipinski definition) is 0. The van der Waals surface area contributed by atoms with Crippen LogP contribution in [0.2, 0.25) is 0 Å². The van der Waals surface area contributed by atoms with Gasteiger partial charge in [0.25, 0.3) is 0 Å². The first-order valence-electron chi connectivity index (χ1n) is 27.0. The van der Waals surface area contributed by atoms with Crippen LogP contribution in [0.25, 0.3) is 0 Å². The summed E-state index contributed by atoms with van der Waals surface area (Å²) < 4.78 is 0. The minimum atomic E-state index is -0.337. The van der Waals surface area contributed by atoms with Crippen LogP contribution in [0, 0.1) is 46.3 Å². The van der Waals surface area contributed by atoms with Gasteiger partial charge in [0.1, 0.15) is 0 Å². The van der Waals surface area contributed by atoms with Gasteiger partial charge in [-0.3, -0.25) is 0 Å². The van der Waals surface area contributed by atoms with Crippen LogP contribution in [0.4, 0.5) is 11.4 Å². The van der Waals surface area contributed by atoms with E-state index in [1.807, 2.05) is 10.8 Å². The molecule has 4 unspecified atom stereocenters. The summed E-state index contributed by atoms with van der Waals surface area (Å²) >= 11 is 0. The molecule has 66 heavy (non-hydrogen) atoms. The lowest BCUT2D eigenvalue weighted by Crippen LogP contribution is -2.46. The molecule has 6 heteroatoms. The third kappa shape index (κ3) is 9.57. The van der Waals surface area contributed by atoms with E-state index in [-0.39, 0.29) is 36.5 Å². The van der Waals surface area contributed by atoms with Crippen molar-refractivity contribution in [2.75, 3.05) is 22.1 Å². The first kappa shape index (κ1) is 52.8. The minimum absolute atomic E-state index is 0.0369. The van der Waals surface area contributed by atoms with Crippen molar-refractivity contribution in [3.63, 3.8) is 0 Å². The molecule has 366 valence electrons. The number of nitrogens with zero attached hydrogens (tertiary/aromatic N) is 2. The largest absolute Gasteiger partial charge is 0.334 e. The normalized spacial score (nSPS) is 32.8. The highest BCUT2D eigenvalue weighted by Crippen LogP contribution is 2.87. The Morgan fingerprint density at radius 3 is 1.08 bits per heavy atom. The van der Waals surface area contributed by atoms with Gasteiger partial charge in [-0.25, -0.2) is 0 Å².